The lowest BCUT2D eigenvalue weighted by Crippen LogP contribution is -2.28. The van der Waals surface area contributed by atoms with Gasteiger partial charge in [0.05, 0.1) is 5.69 Å². The number of nitrogens with one attached hydrogen (secondary N) is 2. The summed E-state index contributed by atoms with van der Waals surface area (Å²) in [7, 11) is 0. The second-order valence-corrected chi connectivity index (χ2v) is 6.67. The molecule has 0 aromatic carbocycles. The van der Waals surface area contributed by atoms with Crippen molar-refractivity contribution in [2.45, 2.75) is 31.7 Å². The molecular formula is C15H20ClN5O2S. The number of carbonyl (C=O) groups excluding carboxylic acids is 2. The number of nitrogens with two attached hydrogens (primary N) is 2. The van der Waals surface area contributed by atoms with Crippen molar-refractivity contribution in [2.24, 2.45) is 17.4 Å². The molecule has 9 heteroatoms. The number of nitrogens with zero attached hydrogens (tertiary/aromatic N) is 1. The molecule has 0 radical (unpaired) electrons. The normalized spacial score (nSPS) is 19.7. The van der Waals surface area contributed by atoms with Crippen LogP contribution in [0.4, 0.5) is 5.13 Å². The molecule has 0 aliphatic heterocycles. The number of thiazole rings is 1. The van der Waals surface area contributed by atoms with E-state index in [4.69, 9.17) is 11.5 Å². The van der Waals surface area contributed by atoms with Gasteiger partial charge in [-0.2, -0.15) is 0 Å². The summed E-state index contributed by atoms with van der Waals surface area (Å²) in [5.74, 6) is -0.315. The Morgan fingerprint density at radius 2 is 2.21 bits per heavy atom. The predicted molar refractivity (Wildman–Crippen MR) is 96.2 cm³/mol. The predicted octanol–water partition coefficient (Wildman–Crippen LogP) is 2.11. The van der Waals surface area contributed by atoms with Crippen molar-refractivity contribution in [3.63, 3.8) is 0 Å². The van der Waals surface area contributed by atoms with Gasteiger partial charge >= 0.3 is 0 Å². The highest BCUT2D eigenvalue weighted by atomic mass is 35.5. The average Bonchev–Trinajstić information content (AvgIpc) is 3.20. The molecule has 2 heterocycles. The largest absolute Gasteiger partial charge is 0.364 e. The monoisotopic (exact) mass is 369 g/mol. The molecule has 0 saturated heterocycles. The minimum Gasteiger partial charge on any atom is -0.364 e. The van der Waals surface area contributed by atoms with Crippen molar-refractivity contribution in [1.29, 1.82) is 0 Å². The summed E-state index contributed by atoms with van der Waals surface area (Å²) >= 11 is 1.34. The van der Waals surface area contributed by atoms with Crippen molar-refractivity contribution in [3.05, 3.63) is 23.3 Å². The molecule has 2 aromatic rings. The fourth-order valence-electron chi connectivity index (χ4n) is 2.88. The summed E-state index contributed by atoms with van der Waals surface area (Å²) in [5.41, 5.74) is 13.0. The van der Waals surface area contributed by atoms with Crippen LogP contribution in [0.25, 0.3) is 11.3 Å². The zero-order valence-corrected chi connectivity index (χ0v) is 14.6. The summed E-state index contributed by atoms with van der Waals surface area (Å²) in [6.45, 7) is 0. The van der Waals surface area contributed by atoms with Crippen LogP contribution in [0.2, 0.25) is 0 Å². The molecule has 7 nitrogen and oxygen atoms in total. The third-order valence-corrected chi connectivity index (χ3v) is 4.92. The Bertz CT molecular complexity index is 729. The van der Waals surface area contributed by atoms with Gasteiger partial charge in [0.25, 0.3) is 5.91 Å². The van der Waals surface area contributed by atoms with Crippen LogP contribution in [0.1, 0.15) is 36.2 Å². The van der Waals surface area contributed by atoms with Gasteiger partial charge in [0.15, 0.2) is 5.13 Å². The van der Waals surface area contributed by atoms with Gasteiger partial charge in [0.2, 0.25) is 5.91 Å². The molecule has 2 aromatic heterocycles. The third-order valence-electron chi connectivity index (χ3n) is 4.16. The van der Waals surface area contributed by atoms with Crippen LogP contribution in [0, 0.1) is 5.92 Å². The number of H-pyrrole nitrogens is 1. The zero-order chi connectivity index (χ0) is 16.4. The van der Waals surface area contributed by atoms with E-state index in [9.17, 15) is 9.59 Å². The van der Waals surface area contributed by atoms with Crippen LogP contribution in [0.3, 0.4) is 0 Å². The number of aromatic nitrogens is 2. The van der Waals surface area contributed by atoms with Crippen molar-refractivity contribution in [2.75, 3.05) is 5.32 Å². The molecule has 0 spiro atoms. The summed E-state index contributed by atoms with van der Waals surface area (Å²) in [6, 6.07) is 1.76. The molecule has 2 amide bonds. The van der Waals surface area contributed by atoms with Crippen LogP contribution in [0.5, 0.6) is 0 Å². The molecule has 130 valence electrons. The SMILES string of the molecule is Cl.NC(=O)c1cc(-c2csc(NC(=O)C[C@@H]3CCC[C@H]3N)n2)c[nH]1. The van der Waals surface area contributed by atoms with Gasteiger partial charge in [-0.15, -0.1) is 23.7 Å². The highest BCUT2D eigenvalue weighted by Crippen LogP contribution is 2.28. The van der Waals surface area contributed by atoms with Crippen LogP contribution in [0.15, 0.2) is 17.6 Å². The molecule has 1 saturated carbocycles. The highest BCUT2D eigenvalue weighted by Gasteiger charge is 2.26. The minimum atomic E-state index is -0.520. The maximum Gasteiger partial charge on any atom is 0.265 e. The molecule has 1 fully saturated rings. The second-order valence-electron chi connectivity index (χ2n) is 5.81. The van der Waals surface area contributed by atoms with Crippen LogP contribution < -0.4 is 16.8 Å². The van der Waals surface area contributed by atoms with E-state index in [0.717, 1.165) is 24.8 Å². The average molecular weight is 370 g/mol. The van der Waals surface area contributed by atoms with Gasteiger partial charge < -0.3 is 21.8 Å². The zero-order valence-electron chi connectivity index (χ0n) is 13.0. The first-order chi connectivity index (χ1) is 11.0. The number of carbonyl (C=O) groups is 2. The van der Waals surface area contributed by atoms with Gasteiger partial charge in [-0.1, -0.05) is 6.42 Å². The van der Waals surface area contributed by atoms with E-state index >= 15 is 0 Å². The fraction of sp³-hybridized carbons (Fsp3) is 0.400. The molecule has 1 aliphatic rings. The van der Waals surface area contributed by atoms with E-state index in [0.29, 0.717) is 22.9 Å². The maximum atomic E-state index is 12.1. The van der Waals surface area contributed by atoms with Gasteiger partial charge in [0, 0.05) is 29.6 Å². The fourth-order valence-corrected chi connectivity index (χ4v) is 3.61. The molecule has 1 aliphatic carbocycles. The lowest BCUT2D eigenvalue weighted by molar-refractivity contribution is -0.117. The number of amides is 2. The standard InChI is InChI=1S/C15H19N5O2S.ClH/c16-10-3-1-2-8(10)5-13(21)20-15-19-12(7-23-15)9-4-11(14(17)22)18-6-9;/h4,6-8,10,18H,1-3,5,16H2,(H2,17,22)(H,19,20,21);1H/t8-,10+;/m0./s1. The smallest absolute Gasteiger partial charge is 0.265 e. The van der Waals surface area contributed by atoms with Gasteiger partial charge in [-0.3, -0.25) is 9.59 Å². The van der Waals surface area contributed by atoms with Crippen LogP contribution in [-0.4, -0.2) is 27.8 Å². The van der Waals surface area contributed by atoms with Gasteiger partial charge in [-0.05, 0) is 24.8 Å². The van der Waals surface area contributed by atoms with Crippen molar-refractivity contribution in [3.8, 4) is 11.3 Å². The third kappa shape index (κ3) is 4.14. The topological polar surface area (TPSA) is 127 Å². The Morgan fingerprint density at radius 3 is 2.83 bits per heavy atom. The van der Waals surface area contributed by atoms with Crippen molar-refractivity contribution < 1.29 is 9.59 Å². The van der Waals surface area contributed by atoms with Crippen LogP contribution in [-0.2, 0) is 4.79 Å². The van der Waals surface area contributed by atoms with E-state index in [2.05, 4.69) is 15.3 Å². The number of aromatic amines is 1. The molecule has 6 N–H and O–H groups in total. The Labute approximate surface area is 149 Å². The summed E-state index contributed by atoms with van der Waals surface area (Å²) < 4.78 is 0. The lowest BCUT2D eigenvalue weighted by Gasteiger charge is -2.13. The van der Waals surface area contributed by atoms with Crippen molar-refractivity contribution >= 4 is 40.7 Å². The van der Waals surface area contributed by atoms with Gasteiger partial charge in [0.1, 0.15) is 5.69 Å². The number of hydrogen-bond acceptors (Lipinski definition) is 5. The Balaban J connectivity index is 0.00000208. The first kappa shape index (κ1) is 18.4. The van der Waals surface area contributed by atoms with Crippen LogP contribution >= 0.6 is 23.7 Å². The number of hydrogen-bond donors (Lipinski definition) is 4. The maximum absolute atomic E-state index is 12.1. The summed E-state index contributed by atoms with van der Waals surface area (Å²) in [5, 5.41) is 5.18. The van der Waals surface area contributed by atoms with E-state index in [1.54, 1.807) is 12.3 Å². The number of rotatable bonds is 5. The molecule has 0 unspecified atom stereocenters. The Kier molecular flexibility index (Phi) is 5.98. The first-order valence-electron chi connectivity index (χ1n) is 7.52. The Morgan fingerprint density at radius 1 is 1.42 bits per heavy atom. The van der Waals surface area contributed by atoms with E-state index in [1.165, 1.54) is 11.3 Å². The highest BCUT2D eigenvalue weighted by molar-refractivity contribution is 7.14. The molecule has 0 bridgehead atoms. The van der Waals surface area contributed by atoms with E-state index in [-0.39, 0.29) is 30.3 Å². The first-order valence-corrected chi connectivity index (χ1v) is 8.40. The quantitative estimate of drug-likeness (QED) is 0.643. The number of primary amides is 1. The molecule has 3 rings (SSSR count). The summed E-state index contributed by atoms with van der Waals surface area (Å²) in [4.78, 5) is 30.3. The van der Waals surface area contributed by atoms with Gasteiger partial charge in [-0.25, -0.2) is 4.98 Å². The molecule has 2 atom stereocenters. The molecular weight excluding hydrogens is 350 g/mol. The number of anilines is 1. The summed E-state index contributed by atoms with van der Waals surface area (Å²) in [6.07, 6.45) is 5.20. The Hall–Kier alpha value is -1.90. The van der Waals surface area contributed by atoms with E-state index in [1.807, 2.05) is 5.38 Å². The van der Waals surface area contributed by atoms with E-state index < -0.39 is 5.91 Å². The van der Waals surface area contributed by atoms with Crippen molar-refractivity contribution in [1.82, 2.24) is 9.97 Å². The minimum absolute atomic E-state index is 0. The lowest BCUT2D eigenvalue weighted by atomic mass is 10.00. The molecule has 24 heavy (non-hydrogen) atoms. The second kappa shape index (κ2) is 7.78. The number of halogens is 1.